The van der Waals surface area contributed by atoms with Crippen molar-refractivity contribution < 1.29 is 24.5 Å². The van der Waals surface area contributed by atoms with Crippen molar-refractivity contribution in [1.29, 1.82) is 0 Å². The Labute approximate surface area is 94.6 Å². The molecule has 1 amide bonds. The van der Waals surface area contributed by atoms with Crippen LogP contribution in [0.1, 0.15) is 26.7 Å². The molecule has 0 saturated carbocycles. The van der Waals surface area contributed by atoms with E-state index in [-0.39, 0.29) is 18.9 Å². The number of rotatable bonds is 7. The molecular formula is C10H19NO5. The van der Waals surface area contributed by atoms with E-state index in [9.17, 15) is 9.59 Å². The van der Waals surface area contributed by atoms with Crippen molar-refractivity contribution in [3.05, 3.63) is 0 Å². The molecule has 0 aliphatic carbocycles. The fraction of sp³-hybridized carbons (Fsp3) is 0.800. The van der Waals surface area contributed by atoms with E-state index < -0.39 is 17.7 Å². The van der Waals surface area contributed by atoms with Crippen LogP contribution in [0, 0.1) is 0 Å². The van der Waals surface area contributed by atoms with Crippen LogP contribution >= 0.6 is 0 Å². The molecule has 0 aliphatic heterocycles. The number of carboxylic acids is 1. The van der Waals surface area contributed by atoms with Gasteiger partial charge in [0, 0.05) is 20.1 Å². The molecule has 6 heteroatoms. The largest absolute Gasteiger partial charge is 0.479 e. The molecule has 0 spiro atoms. The van der Waals surface area contributed by atoms with Gasteiger partial charge in [0.05, 0.1) is 0 Å². The first kappa shape index (κ1) is 14.9. The highest BCUT2D eigenvalue weighted by molar-refractivity contribution is 5.84. The molecule has 0 heterocycles. The molecule has 2 unspecified atom stereocenters. The third kappa shape index (κ3) is 4.16. The summed E-state index contributed by atoms with van der Waals surface area (Å²) in [6.07, 6.45) is -0.961. The maximum Gasteiger partial charge on any atom is 0.332 e. The second-order valence-corrected chi connectivity index (χ2v) is 3.69. The number of carbonyl (C=O) groups is 2. The van der Waals surface area contributed by atoms with E-state index in [4.69, 9.17) is 14.9 Å². The van der Waals surface area contributed by atoms with E-state index in [1.165, 1.54) is 7.11 Å². The van der Waals surface area contributed by atoms with Crippen molar-refractivity contribution in [2.24, 2.45) is 0 Å². The topological polar surface area (TPSA) is 95.9 Å². The average molecular weight is 233 g/mol. The third-order valence-corrected chi connectivity index (χ3v) is 2.59. The fourth-order valence-corrected chi connectivity index (χ4v) is 1.03. The summed E-state index contributed by atoms with van der Waals surface area (Å²) in [6.45, 7) is 3.57. The minimum Gasteiger partial charge on any atom is -0.479 e. The molecule has 16 heavy (non-hydrogen) atoms. The highest BCUT2D eigenvalue weighted by Gasteiger charge is 2.30. The van der Waals surface area contributed by atoms with Crippen molar-refractivity contribution in [3.63, 3.8) is 0 Å². The van der Waals surface area contributed by atoms with Gasteiger partial charge in [-0.1, -0.05) is 6.92 Å². The van der Waals surface area contributed by atoms with Crippen molar-refractivity contribution in [1.82, 2.24) is 5.32 Å². The number of hydrogen-bond acceptors (Lipinski definition) is 4. The average Bonchev–Trinajstić information content (AvgIpc) is 2.27. The Balaban J connectivity index is 4.03. The second-order valence-electron chi connectivity index (χ2n) is 3.69. The number of ether oxygens (including phenoxy) is 1. The Morgan fingerprint density at radius 3 is 2.44 bits per heavy atom. The first-order valence-electron chi connectivity index (χ1n) is 5.11. The van der Waals surface area contributed by atoms with Gasteiger partial charge < -0.3 is 20.3 Å². The first-order valence-corrected chi connectivity index (χ1v) is 5.11. The van der Waals surface area contributed by atoms with E-state index >= 15 is 0 Å². The van der Waals surface area contributed by atoms with Crippen molar-refractivity contribution in [3.8, 4) is 0 Å². The van der Waals surface area contributed by atoms with Gasteiger partial charge in [-0.2, -0.15) is 0 Å². The predicted octanol–water partition coefficient (Wildman–Crippen LogP) is -0.247. The van der Waals surface area contributed by atoms with Crippen LogP contribution in [0.4, 0.5) is 0 Å². The molecule has 0 saturated heterocycles. The van der Waals surface area contributed by atoms with Crippen LogP contribution in [-0.2, 0) is 14.3 Å². The minimum atomic E-state index is -1.45. The van der Waals surface area contributed by atoms with Gasteiger partial charge >= 0.3 is 5.97 Å². The molecule has 94 valence electrons. The summed E-state index contributed by atoms with van der Waals surface area (Å²) in [6, 6.07) is 0. The van der Waals surface area contributed by atoms with Crippen LogP contribution in [0.3, 0.4) is 0 Å². The highest BCUT2D eigenvalue weighted by Crippen LogP contribution is 2.13. The second kappa shape index (κ2) is 6.44. The number of aliphatic hydroxyl groups excluding tert-OH is 1. The number of aliphatic hydroxyl groups is 1. The zero-order chi connectivity index (χ0) is 12.8. The summed E-state index contributed by atoms with van der Waals surface area (Å²) in [4.78, 5) is 21.9. The van der Waals surface area contributed by atoms with Crippen molar-refractivity contribution in [2.75, 3.05) is 13.7 Å². The number of amides is 1. The maximum atomic E-state index is 11.6. The highest BCUT2D eigenvalue weighted by atomic mass is 16.5. The van der Waals surface area contributed by atoms with E-state index in [1.807, 2.05) is 6.92 Å². The minimum absolute atomic E-state index is 0.0232. The number of carbonyl (C=O) groups excluding carboxylic acids is 1. The third-order valence-electron chi connectivity index (χ3n) is 2.59. The number of nitrogens with one attached hydrogen (secondary N) is 1. The number of aliphatic carboxylic acids is 1. The molecule has 0 aromatic rings. The normalized spacial score (nSPS) is 16.2. The summed E-state index contributed by atoms with van der Waals surface area (Å²) < 4.78 is 5.06. The molecule has 0 aromatic carbocycles. The van der Waals surface area contributed by atoms with Crippen LogP contribution in [0.15, 0.2) is 0 Å². The zero-order valence-corrected chi connectivity index (χ0v) is 9.82. The van der Waals surface area contributed by atoms with Gasteiger partial charge in [0.1, 0.15) is 5.60 Å². The Morgan fingerprint density at radius 1 is 1.50 bits per heavy atom. The van der Waals surface area contributed by atoms with Gasteiger partial charge in [-0.05, 0) is 13.3 Å². The molecule has 6 nitrogen and oxygen atoms in total. The van der Waals surface area contributed by atoms with Gasteiger partial charge in [-0.3, -0.25) is 4.79 Å². The lowest BCUT2D eigenvalue weighted by Gasteiger charge is -2.25. The molecule has 0 aromatic heterocycles. The van der Waals surface area contributed by atoms with E-state index in [2.05, 4.69) is 5.32 Å². The van der Waals surface area contributed by atoms with Gasteiger partial charge in [-0.25, -0.2) is 4.79 Å². The lowest BCUT2D eigenvalue weighted by atomic mass is 10.0. The summed E-state index contributed by atoms with van der Waals surface area (Å²) >= 11 is 0. The molecule has 0 aliphatic rings. The van der Waals surface area contributed by atoms with E-state index in [0.717, 1.165) is 0 Å². The monoisotopic (exact) mass is 233 g/mol. The van der Waals surface area contributed by atoms with Gasteiger partial charge in [0.25, 0.3) is 5.91 Å². The Kier molecular flexibility index (Phi) is 5.98. The Hall–Kier alpha value is -1.14. The lowest BCUT2D eigenvalue weighted by Crippen LogP contribution is -2.46. The summed E-state index contributed by atoms with van der Waals surface area (Å²) in [5, 5.41) is 19.9. The van der Waals surface area contributed by atoms with Gasteiger partial charge in [0.2, 0.25) is 0 Å². The Morgan fingerprint density at radius 2 is 2.06 bits per heavy atom. The SMILES string of the molecule is CCC(C)(OC)C(=O)NCCC(O)C(=O)O. The Bertz CT molecular complexity index is 250. The number of hydrogen-bond donors (Lipinski definition) is 3. The molecule has 0 rings (SSSR count). The maximum absolute atomic E-state index is 11.6. The fourth-order valence-electron chi connectivity index (χ4n) is 1.03. The first-order chi connectivity index (χ1) is 7.37. The van der Waals surface area contributed by atoms with Crippen LogP contribution in [0.25, 0.3) is 0 Å². The van der Waals surface area contributed by atoms with Crippen LogP contribution in [0.2, 0.25) is 0 Å². The van der Waals surface area contributed by atoms with Gasteiger partial charge in [0.15, 0.2) is 6.10 Å². The van der Waals surface area contributed by atoms with Gasteiger partial charge in [-0.15, -0.1) is 0 Å². The summed E-state index contributed by atoms with van der Waals surface area (Å²) in [5.74, 6) is -1.60. The zero-order valence-electron chi connectivity index (χ0n) is 9.82. The molecular weight excluding hydrogens is 214 g/mol. The lowest BCUT2D eigenvalue weighted by molar-refractivity contribution is -0.147. The van der Waals surface area contributed by atoms with Crippen LogP contribution in [0.5, 0.6) is 0 Å². The molecule has 3 N–H and O–H groups in total. The number of methoxy groups -OCH3 is 1. The standard InChI is InChI=1S/C10H19NO5/c1-4-10(2,16-3)9(15)11-6-5-7(12)8(13)14/h7,12H,4-6H2,1-3H3,(H,11,15)(H,13,14). The summed E-state index contributed by atoms with van der Waals surface area (Å²) in [5.41, 5.74) is -0.909. The summed E-state index contributed by atoms with van der Waals surface area (Å²) in [7, 11) is 1.44. The number of carboxylic acid groups (broad SMARTS) is 1. The molecule has 2 atom stereocenters. The molecule has 0 radical (unpaired) electrons. The molecule has 0 bridgehead atoms. The predicted molar refractivity (Wildman–Crippen MR) is 57.0 cm³/mol. The van der Waals surface area contributed by atoms with Crippen molar-refractivity contribution in [2.45, 2.75) is 38.4 Å². The quantitative estimate of drug-likeness (QED) is 0.563. The van der Waals surface area contributed by atoms with Crippen LogP contribution < -0.4 is 5.32 Å². The smallest absolute Gasteiger partial charge is 0.332 e. The van der Waals surface area contributed by atoms with Crippen LogP contribution in [-0.4, -0.2) is 47.4 Å². The van der Waals surface area contributed by atoms with E-state index in [0.29, 0.717) is 6.42 Å². The van der Waals surface area contributed by atoms with Crippen molar-refractivity contribution >= 4 is 11.9 Å². The molecule has 0 fully saturated rings. The van der Waals surface area contributed by atoms with E-state index in [1.54, 1.807) is 6.92 Å².